The standard InChI is InChI=1S/C39H41NO16/c1-21(41)40-29-33(32(51-23(3)43)28(52-38(29)48)19-49-22(2)42)56-39-34(55-37(47)26-17-11-6-12-18-26)30(44)31(54-36(46)25-15-9-5-10-16-25)27(53-39)20-50-35(45)24-13-7-4-8-14-24/h4-18,27-34,38-39,44,48H,19-20H2,1-3H3,(H,40,41)/t27-,28-,29-,30+,31+,32+,33-,34-,38+,39+/m1/s1. The Bertz CT molecular complexity index is 1820. The molecule has 0 unspecified atom stereocenters. The van der Waals surface area contributed by atoms with Crippen molar-refractivity contribution in [1.82, 2.24) is 5.32 Å². The van der Waals surface area contributed by atoms with Gasteiger partial charge in [0.1, 0.15) is 43.7 Å². The molecule has 1 amide bonds. The lowest BCUT2D eigenvalue weighted by molar-refractivity contribution is -0.340. The van der Waals surface area contributed by atoms with Gasteiger partial charge in [0, 0.05) is 20.8 Å². The molecule has 3 N–H and O–H groups in total. The highest BCUT2D eigenvalue weighted by atomic mass is 16.7. The van der Waals surface area contributed by atoms with Gasteiger partial charge < -0.3 is 53.4 Å². The Morgan fingerprint density at radius 3 is 1.55 bits per heavy atom. The smallest absolute Gasteiger partial charge is 0.338 e. The van der Waals surface area contributed by atoms with Crippen LogP contribution in [0.25, 0.3) is 0 Å². The van der Waals surface area contributed by atoms with Crippen molar-refractivity contribution < 1.29 is 76.9 Å². The molecule has 0 spiro atoms. The molecule has 0 bridgehead atoms. The molecule has 2 fully saturated rings. The molecule has 2 saturated heterocycles. The van der Waals surface area contributed by atoms with Crippen LogP contribution in [0.1, 0.15) is 51.8 Å². The van der Waals surface area contributed by atoms with Gasteiger partial charge in [0.05, 0.1) is 16.7 Å². The monoisotopic (exact) mass is 779 g/mol. The Morgan fingerprint density at radius 1 is 0.571 bits per heavy atom. The number of nitrogens with one attached hydrogen (secondary N) is 1. The first-order valence-corrected chi connectivity index (χ1v) is 17.5. The Morgan fingerprint density at radius 2 is 1.05 bits per heavy atom. The number of carbonyl (C=O) groups is 6. The summed E-state index contributed by atoms with van der Waals surface area (Å²) in [5, 5.41) is 25.6. The van der Waals surface area contributed by atoms with Crippen LogP contribution in [0.5, 0.6) is 0 Å². The molecule has 2 heterocycles. The minimum absolute atomic E-state index is 0.0482. The third-order valence-corrected chi connectivity index (χ3v) is 8.59. The molecule has 10 atom stereocenters. The van der Waals surface area contributed by atoms with Crippen LogP contribution in [-0.4, -0.2) is 121 Å². The fourth-order valence-corrected chi connectivity index (χ4v) is 6.05. The topological polar surface area (TPSA) is 229 Å². The van der Waals surface area contributed by atoms with Gasteiger partial charge in [-0.1, -0.05) is 54.6 Å². The fraction of sp³-hybridized carbons (Fsp3) is 0.385. The van der Waals surface area contributed by atoms with Gasteiger partial charge >= 0.3 is 29.8 Å². The van der Waals surface area contributed by atoms with Gasteiger partial charge in [-0.25, -0.2) is 14.4 Å². The largest absolute Gasteiger partial charge is 0.463 e. The zero-order valence-corrected chi connectivity index (χ0v) is 30.5. The summed E-state index contributed by atoms with van der Waals surface area (Å²) in [6.45, 7) is 2.11. The second kappa shape index (κ2) is 19.2. The molecule has 0 saturated carbocycles. The Hall–Kier alpha value is -5.72. The van der Waals surface area contributed by atoms with Crippen molar-refractivity contribution in [2.45, 2.75) is 82.1 Å². The number of amides is 1. The number of carbonyl (C=O) groups excluding carboxylic acids is 6. The highest BCUT2D eigenvalue weighted by molar-refractivity contribution is 5.90. The zero-order valence-electron chi connectivity index (χ0n) is 30.5. The van der Waals surface area contributed by atoms with Crippen molar-refractivity contribution in [1.29, 1.82) is 0 Å². The lowest BCUT2D eigenvalue weighted by Gasteiger charge is -2.48. The second-order valence-corrected chi connectivity index (χ2v) is 12.7. The summed E-state index contributed by atoms with van der Waals surface area (Å²) in [5.74, 6) is -4.96. The molecule has 17 nitrogen and oxygen atoms in total. The Balaban J connectivity index is 1.55. The number of benzene rings is 3. The van der Waals surface area contributed by atoms with Crippen LogP contribution in [0, 0.1) is 0 Å². The van der Waals surface area contributed by atoms with E-state index in [1.807, 2.05) is 0 Å². The summed E-state index contributed by atoms with van der Waals surface area (Å²) in [6.07, 6.45) is -15.3. The third kappa shape index (κ3) is 10.7. The van der Waals surface area contributed by atoms with Crippen LogP contribution < -0.4 is 5.32 Å². The van der Waals surface area contributed by atoms with Gasteiger partial charge in [0.2, 0.25) is 5.91 Å². The molecule has 5 rings (SSSR count). The number of hydrogen-bond donors (Lipinski definition) is 3. The molecule has 0 radical (unpaired) electrons. The van der Waals surface area contributed by atoms with Crippen LogP contribution in [0.3, 0.4) is 0 Å². The predicted octanol–water partition coefficient (Wildman–Crippen LogP) is 1.48. The Kier molecular flexibility index (Phi) is 14.2. The van der Waals surface area contributed by atoms with Crippen LogP contribution in [0.15, 0.2) is 91.0 Å². The molecular formula is C39H41NO16. The highest BCUT2D eigenvalue weighted by Gasteiger charge is 2.55. The zero-order chi connectivity index (χ0) is 40.4. The Labute approximate surface area is 320 Å². The molecule has 2 aliphatic heterocycles. The number of aliphatic hydroxyl groups is 2. The normalized spacial score (nSPS) is 27.2. The van der Waals surface area contributed by atoms with E-state index >= 15 is 0 Å². The lowest BCUT2D eigenvalue weighted by atomic mass is 9.94. The van der Waals surface area contributed by atoms with Crippen molar-refractivity contribution in [2.24, 2.45) is 0 Å². The summed E-state index contributed by atoms with van der Waals surface area (Å²) in [5.41, 5.74) is 0.307. The van der Waals surface area contributed by atoms with E-state index in [0.717, 1.165) is 20.8 Å². The van der Waals surface area contributed by atoms with Gasteiger partial charge in [-0.05, 0) is 36.4 Å². The average molecular weight is 780 g/mol. The van der Waals surface area contributed by atoms with E-state index < -0.39 is 110 Å². The SMILES string of the molecule is CC(=O)N[C@@H]1[C@@H](O[C@@H]2O[C@H](COC(=O)c3ccccc3)[C@H](OC(=O)c3ccccc3)[C@H](O)[C@H]2OC(=O)c2ccccc2)[C@@H](OC(C)=O)[C@@H](COC(C)=O)O[C@@H]1O. The van der Waals surface area contributed by atoms with Crippen molar-refractivity contribution in [2.75, 3.05) is 13.2 Å². The molecule has 3 aromatic rings. The van der Waals surface area contributed by atoms with Gasteiger partial charge in [-0.15, -0.1) is 0 Å². The van der Waals surface area contributed by atoms with E-state index in [9.17, 15) is 39.0 Å². The number of ether oxygens (including phenoxy) is 8. The number of esters is 5. The number of aliphatic hydroxyl groups excluding tert-OH is 2. The summed E-state index contributed by atoms with van der Waals surface area (Å²) in [4.78, 5) is 76.5. The first kappa shape index (κ1) is 41.4. The molecule has 3 aromatic carbocycles. The van der Waals surface area contributed by atoms with Crippen molar-refractivity contribution >= 4 is 35.8 Å². The van der Waals surface area contributed by atoms with Gasteiger partial charge in [-0.3, -0.25) is 14.4 Å². The van der Waals surface area contributed by atoms with Crippen molar-refractivity contribution in [3.8, 4) is 0 Å². The van der Waals surface area contributed by atoms with E-state index in [2.05, 4.69) is 5.32 Å². The van der Waals surface area contributed by atoms with E-state index in [0.29, 0.717) is 0 Å². The summed E-state index contributed by atoms with van der Waals surface area (Å²) >= 11 is 0. The molecule has 298 valence electrons. The number of rotatable bonds is 13. The first-order valence-electron chi connectivity index (χ1n) is 17.5. The van der Waals surface area contributed by atoms with Crippen LogP contribution in [0.4, 0.5) is 0 Å². The van der Waals surface area contributed by atoms with Gasteiger partial charge in [0.25, 0.3) is 0 Å². The van der Waals surface area contributed by atoms with Crippen LogP contribution in [0.2, 0.25) is 0 Å². The van der Waals surface area contributed by atoms with Crippen LogP contribution >= 0.6 is 0 Å². The first-order chi connectivity index (χ1) is 26.8. The molecule has 17 heteroatoms. The second-order valence-electron chi connectivity index (χ2n) is 12.7. The summed E-state index contributed by atoms with van der Waals surface area (Å²) < 4.78 is 45.8. The van der Waals surface area contributed by atoms with E-state index in [4.69, 9.17) is 37.9 Å². The fourth-order valence-electron chi connectivity index (χ4n) is 6.05. The molecule has 0 aliphatic carbocycles. The maximum atomic E-state index is 13.5. The third-order valence-electron chi connectivity index (χ3n) is 8.59. The molecule has 2 aliphatic rings. The minimum atomic E-state index is -1.96. The van der Waals surface area contributed by atoms with E-state index in [1.165, 1.54) is 36.4 Å². The van der Waals surface area contributed by atoms with Crippen molar-refractivity contribution in [3.05, 3.63) is 108 Å². The summed E-state index contributed by atoms with van der Waals surface area (Å²) in [7, 11) is 0. The lowest BCUT2D eigenvalue weighted by Crippen LogP contribution is -2.69. The van der Waals surface area contributed by atoms with Crippen molar-refractivity contribution in [3.63, 3.8) is 0 Å². The molecule has 0 aromatic heterocycles. The van der Waals surface area contributed by atoms with E-state index in [-0.39, 0.29) is 16.7 Å². The maximum Gasteiger partial charge on any atom is 0.338 e. The highest BCUT2D eigenvalue weighted by Crippen LogP contribution is 2.33. The molecule has 56 heavy (non-hydrogen) atoms. The van der Waals surface area contributed by atoms with E-state index in [1.54, 1.807) is 54.6 Å². The van der Waals surface area contributed by atoms with Crippen LogP contribution in [-0.2, 0) is 52.3 Å². The predicted molar refractivity (Wildman–Crippen MR) is 188 cm³/mol. The van der Waals surface area contributed by atoms with Gasteiger partial charge in [-0.2, -0.15) is 0 Å². The number of hydrogen-bond acceptors (Lipinski definition) is 16. The molecular weight excluding hydrogens is 738 g/mol. The minimum Gasteiger partial charge on any atom is -0.463 e. The summed E-state index contributed by atoms with van der Waals surface area (Å²) in [6, 6.07) is 21.8. The van der Waals surface area contributed by atoms with Gasteiger partial charge in [0.15, 0.2) is 30.9 Å². The average Bonchev–Trinajstić information content (AvgIpc) is 3.18. The maximum absolute atomic E-state index is 13.5. The quantitative estimate of drug-likeness (QED) is 0.165.